The van der Waals surface area contributed by atoms with Crippen LogP contribution in [0, 0.1) is 0 Å². The molecule has 0 N–H and O–H groups in total. The van der Waals surface area contributed by atoms with Gasteiger partial charge in [0.1, 0.15) is 35.1 Å². The maximum atomic E-state index is 7.10. The third-order valence-electron chi connectivity index (χ3n) is 14.7. The Morgan fingerprint density at radius 1 is 0.459 bits per heavy atom. The molecule has 0 saturated heterocycles. The van der Waals surface area contributed by atoms with Gasteiger partial charge in [-0.15, -0.1) is 0 Å². The van der Waals surface area contributed by atoms with Crippen LogP contribution in [-0.4, -0.2) is 16.2 Å². The molecular formula is C68H62N4O2. The van der Waals surface area contributed by atoms with Gasteiger partial charge in [0.25, 0.3) is 0 Å². The van der Waals surface area contributed by atoms with E-state index in [1.165, 1.54) is 44.6 Å². The minimum Gasteiger partial charge on any atom is -0.457 e. The van der Waals surface area contributed by atoms with Crippen molar-refractivity contribution in [1.29, 1.82) is 0 Å². The minimum absolute atomic E-state index is 0.0418. The SMILES string of the molecule is CC(C)(C)c1cc(-c2cccc(-c3ccccc3)c2N2CN(c3cc(Oc4ccc5c6oc7ccccc7c6n(-c6cc(C(C)(C)C)ccn6)c5c4)cc(-c4ccccc4)c3)c3ccccc32)cc(C(C)(C)C)c1. The second kappa shape index (κ2) is 17.7. The molecule has 1 aliphatic rings. The van der Waals surface area contributed by atoms with Crippen LogP contribution in [0.2, 0.25) is 0 Å². The van der Waals surface area contributed by atoms with E-state index < -0.39 is 0 Å². The van der Waals surface area contributed by atoms with Crippen molar-refractivity contribution >= 4 is 55.7 Å². The zero-order valence-electron chi connectivity index (χ0n) is 43.9. The van der Waals surface area contributed by atoms with Crippen LogP contribution in [0.4, 0.5) is 22.7 Å². The lowest BCUT2D eigenvalue weighted by Crippen LogP contribution is -2.25. The number of pyridine rings is 1. The molecule has 6 nitrogen and oxygen atoms in total. The molecule has 0 bridgehead atoms. The highest BCUT2D eigenvalue weighted by Crippen LogP contribution is 2.52. The second-order valence-electron chi connectivity index (χ2n) is 23.0. The molecule has 12 rings (SSSR count). The largest absolute Gasteiger partial charge is 0.457 e. The summed E-state index contributed by atoms with van der Waals surface area (Å²) in [6.45, 7) is 21.2. The fourth-order valence-electron chi connectivity index (χ4n) is 10.7. The van der Waals surface area contributed by atoms with Crippen LogP contribution >= 0.6 is 0 Å². The minimum atomic E-state index is -0.0668. The highest BCUT2D eigenvalue weighted by molar-refractivity contribution is 6.16. The molecule has 0 amide bonds. The summed E-state index contributed by atoms with van der Waals surface area (Å²) in [4.78, 5) is 9.95. The number of hydrogen-bond acceptors (Lipinski definition) is 5. The summed E-state index contributed by atoms with van der Waals surface area (Å²) < 4.78 is 16.0. The fourth-order valence-corrected chi connectivity index (χ4v) is 10.7. The van der Waals surface area contributed by atoms with Crippen LogP contribution in [0.3, 0.4) is 0 Å². The number of furan rings is 1. The summed E-state index contributed by atoms with van der Waals surface area (Å²) in [5.41, 5.74) is 18.7. The number of rotatable bonds is 8. The van der Waals surface area contributed by atoms with E-state index in [1.54, 1.807) is 0 Å². The standard InChI is InChI=1S/C68H62N4O2/c1-66(2,3)48-33-34-69-62(40-48)72-60-42-52(31-32-56(60)65-64(72)57-25-16-19-30-61(57)74-65)73-53-38-46(44-21-12-10-13-22-44)37-51(41-53)70-43-71(59-29-18-17-28-58(59)70)63-54(45-23-14-11-15-24-45)26-20-27-55(63)47-35-49(67(4,5)6)39-50(36-47)68(7,8)9/h10-42H,43H2,1-9H3. The van der Waals surface area contributed by atoms with E-state index in [9.17, 15) is 0 Å². The van der Waals surface area contributed by atoms with Gasteiger partial charge >= 0.3 is 0 Å². The Morgan fingerprint density at radius 2 is 1.08 bits per heavy atom. The van der Waals surface area contributed by atoms with Crippen LogP contribution in [0.15, 0.2) is 205 Å². The first-order valence-electron chi connectivity index (χ1n) is 25.9. The van der Waals surface area contributed by atoms with Crippen molar-refractivity contribution in [3.8, 4) is 50.7 Å². The van der Waals surface area contributed by atoms with Crippen molar-refractivity contribution in [2.24, 2.45) is 0 Å². The second-order valence-corrected chi connectivity index (χ2v) is 23.0. The third kappa shape index (κ3) is 8.38. The van der Waals surface area contributed by atoms with Crippen LogP contribution in [-0.2, 0) is 16.2 Å². The lowest BCUT2D eigenvalue weighted by atomic mass is 9.78. The molecule has 0 aliphatic carbocycles. The summed E-state index contributed by atoms with van der Waals surface area (Å²) in [5.74, 6) is 2.28. The van der Waals surface area contributed by atoms with Gasteiger partial charge in [0.2, 0.25) is 0 Å². The van der Waals surface area contributed by atoms with Crippen molar-refractivity contribution in [2.45, 2.75) is 78.6 Å². The van der Waals surface area contributed by atoms with Crippen molar-refractivity contribution < 1.29 is 9.15 Å². The maximum Gasteiger partial charge on any atom is 0.161 e. The summed E-state index contributed by atoms with van der Waals surface area (Å²) in [6.07, 6.45) is 1.92. The Hall–Kier alpha value is -8.35. The Balaban J connectivity index is 1.01. The van der Waals surface area contributed by atoms with Crippen molar-refractivity contribution in [1.82, 2.24) is 9.55 Å². The van der Waals surface area contributed by atoms with E-state index in [-0.39, 0.29) is 16.2 Å². The van der Waals surface area contributed by atoms with E-state index in [2.05, 4.69) is 259 Å². The van der Waals surface area contributed by atoms with Gasteiger partial charge in [-0.1, -0.05) is 184 Å². The average Bonchev–Trinajstić information content (AvgIpc) is 4.07. The quantitative estimate of drug-likeness (QED) is 0.152. The number of benzene rings is 8. The topological polar surface area (TPSA) is 46.7 Å². The maximum absolute atomic E-state index is 7.10. The molecular weight excluding hydrogens is 905 g/mol. The molecule has 0 radical (unpaired) electrons. The Kier molecular flexibility index (Phi) is 11.2. The van der Waals surface area contributed by atoms with Gasteiger partial charge in [-0.3, -0.25) is 4.57 Å². The average molecular weight is 967 g/mol. The van der Waals surface area contributed by atoms with Gasteiger partial charge in [-0.2, -0.15) is 0 Å². The molecule has 0 saturated carbocycles. The summed E-state index contributed by atoms with van der Waals surface area (Å²) in [7, 11) is 0. The molecule has 3 aromatic heterocycles. The van der Waals surface area contributed by atoms with E-state index in [0.717, 1.165) is 72.7 Å². The van der Waals surface area contributed by atoms with Gasteiger partial charge in [-0.25, -0.2) is 4.98 Å². The molecule has 6 heteroatoms. The normalized spacial score (nSPS) is 13.1. The van der Waals surface area contributed by atoms with Gasteiger partial charge in [0.15, 0.2) is 5.58 Å². The highest BCUT2D eigenvalue weighted by Gasteiger charge is 2.33. The number of hydrogen-bond donors (Lipinski definition) is 0. The molecule has 74 heavy (non-hydrogen) atoms. The smallest absolute Gasteiger partial charge is 0.161 e. The highest BCUT2D eigenvalue weighted by atomic mass is 16.5. The van der Waals surface area contributed by atoms with E-state index in [0.29, 0.717) is 12.4 Å². The number of fused-ring (bicyclic) bond motifs is 6. The fraction of sp³-hybridized carbons (Fsp3) is 0.191. The predicted octanol–water partition coefficient (Wildman–Crippen LogP) is 18.9. The van der Waals surface area contributed by atoms with E-state index in [4.69, 9.17) is 14.1 Å². The van der Waals surface area contributed by atoms with Crippen LogP contribution in [0.1, 0.15) is 79.0 Å². The predicted molar refractivity (Wildman–Crippen MR) is 309 cm³/mol. The van der Waals surface area contributed by atoms with Gasteiger partial charge in [0.05, 0.1) is 22.6 Å². The lowest BCUT2D eigenvalue weighted by molar-refractivity contribution is 0.483. The first kappa shape index (κ1) is 46.7. The molecule has 0 unspecified atom stereocenters. The molecule has 11 aromatic rings. The zero-order valence-corrected chi connectivity index (χ0v) is 43.9. The lowest BCUT2D eigenvalue weighted by Gasteiger charge is -2.29. The molecule has 366 valence electrons. The molecule has 0 spiro atoms. The Labute approximate surface area is 435 Å². The first-order valence-corrected chi connectivity index (χ1v) is 25.9. The Bertz CT molecular complexity index is 3890. The molecule has 4 heterocycles. The molecule has 0 atom stereocenters. The number of anilines is 4. The van der Waals surface area contributed by atoms with Crippen molar-refractivity contribution in [3.63, 3.8) is 0 Å². The third-order valence-corrected chi connectivity index (χ3v) is 14.7. The van der Waals surface area contributed by atoms with Crippen LogP contribution in [0.25, 0.3) is 72.2 Å². The zero-order chi connectivity index (χ0) is 51.1. The van der Waals surface area contributed by atoms with Crippen molar-refractivity contribution in [2.75, 3.05) is 16.5 Å². The van der Waals surface area contributed by atoms with Gasteiger partial charge in [0, 0.05) is 45.9 Å². The first-order chi connectivity index (χ1) is 35.6. The molecule has 8 aromatic carbocycles. The number of ether oxygens (including phenoxy) is 1. The summed E-state index contributed by atoms with van der Waals surface area (Å²) in [5, 5.41) is 2.03. The summed E-state index contributed by atoms with van der Waals surface area (Å²) >= 11 is 0. The molecule has 1 aliphatic heterocycles. The van der Waals surface area contributed by atoms with Gasteiger partial charge < -0.3 is 19.0 Å². The van der Waals surface area contributed by atoms with Gasteiger partial charge in [-0.05, 0) is 116 Å². The van der Waals surface area contributed by atoms with Crippen LogP contribution in [0.5, 0.6) is 11.5 Å². The summed E-state index contributed by atoms with van der Waals surface area (Å²) in [6, 6.07) is 69.9. The van der Waals surface area contributed by atoms with E-state index in [1.807, 2.05) is 18.3 Å². The van der Waals surface area contributed by atoms with E-state index >= 15 is 0 Å². The van der Waals surface area contributed by atoms with Crippen molar-refractivity contribution in [3.05, 3.63) is 217 Å². The number of nitrogens with zero attached hydrogens (tertiary/aromatic N) is 4. The molecule has 0 fully saturated rings. The monoisotopic (exact) mass is 966 g/mol. The number of aromatic nitrogens is 2. The van der Waals surface area contributed by atoms with Crippen LogP contribution < -0.4 is 14.5 Å². The number of para-hydroxylation sites is 4. The Morgan fingerprint density at radius 3 is 1.77 bits per heavy atom.